The third-order valence-corrected chi connectivity index (χ3v) is 12.8. The average molecular weight is 664 g/mol. The molecular formula is C29H34N3O11PS. The second-order valence-corrected chi connectivity index (χ2v) is 15.4. The van der Waals surface area contributed by atoms with E-state index < -0.39 is 76.3 Å². The van der Waals surface area contributed by atoms with E-state index in [1.807, 2.05) is 0 Å². The van der Waals surface area contributed by atoms with E-state index in [1.165, 1.54) is 36.7 Å². The van der Waals surface area contributed by atoms with E-state index in [4.69, 9.17) is 23.3 Å². The van der Waals surface area contributed by atoms with Gasteiger partial charge < -0.3 is 23.3 Å². The maximum Gasteiger partial charge on any atom is 0.349 e. The molecule has 0 aliphatic carbocycles. The van der Waals surface area contributed by atoms with Crippen molar-refractivity contribution >= 4 is 23.3 Å². The van der Waals surface area contributed by atoms with Gasteiger partial charge in [-0.15, -0.1) is 0 Å². The van der Waals surface area contributed by atoms with Gasteiger partial charge in [0.1, 0.15) is 12.2 Å². The zero-order valence-electron chi connectivity index (χ0n) is 25.0. The molecule has 45 heavy (non-hydrogen) atoms. The molecule has 5 rings (SSSR count). The Labute approximate surface area is 259 Å². The van der Waals surface area contributed by atoms with Crippen molar-refractivity contribution < 1.29 is 41.0 Å². The normalized spacial score (nSPS) is 23.5. The van der Waals surface area contributed by atoms with Gasteiger partial charge in [0.05, 0.1) is 19.3 Å². The van der Waals surface area contributed by atoms with Gasteiger partial charge in [-0.2, -0.15) is 4.57 Å². The number of ether oxygens (including phenoxy) is 3. The van der Waals surface area contributed by atoms with Crippen LogP contribution in [0.1, 0.15) is 50.7 Å². The zero-order valence-corrected chi connectivity index (χ0v) is 26.8. The number of rotatable bonds is 11. The lowest BCUT2D eigenvalue weighted by molar-refractivity contribution is -0.197. The summed E-state index contributed by atoms with van der Waals surface area (Å²) >= 11 is 0. The van der Waals surface area contributed by atoms with Crippen LogP contribution >= 0.6 is 7.60 Å². The van der Waals surface area contributed by atoms with Gasteiger partial charge in [0.25, 0.3) is 11.5 Å². The Morgan fingerprint density at radius 2 is 1.64 bits per heavy atom. The van der Waals surface area contributed by atoms with Crippen molar-refractivity contribution in [1.29, 1.82) is 0 Å². The smallest absolute Gasteiger partial charge is 0.349 e. The van der Waals surface area contributed by atoms with Crippen LogP contribution in [0.25, 0.3) is 0 Å². The summed E-state index contributed by atoms with van der Waals surface area (Å²) in [4.78, 5) is 41.8. The number of nitrogens with zero attached hydrogens (tertiary/aromatic N) is 3. The summed E-state index contributed by atoms with van der Waals surface area (Å²) in [7, 11) is -8.81. The fourth-order valence-corrected chi connectivity index (χ4v) is 10.3. The molecule has 2 aromatic heterocycles. The first-order valence-electron chi connectivity index (χ1n) is 14.3. The minimum atomic E-state index is -4.45. The van der Waals surface area contributed by atoms with Crippen LogP contribution in [0.5, 0.6) is 0 Å². The van der Waals surface area contributed by atoms with Crippen LogP contribution in [0.2, 0.25) is 0 Å². The summed E-state index contributed by atoms with van der Waals surface area (Å²) in [6.45, 7) is 6.17. The van der Waals surface area contributed by atoms with Gasteiger partial charge in [-0.05, 0) is 52.0 Å². The van der Waals surface area contributed by atoms with Gasteiger partial charge in [-0.25, -0.2) is 18.2 Å². The molecule has 0 saturated carbocycles. The lowest BCUT2D eigenvalue weighted by Gasteiger charge is -2.30. The van der Waals surface area contributed by atoms with Gasteiger partial charge in [0.15, 0.2) is 22.0 Å². The maximum atomic E-state index is 14.1. The highest BCUT2D eigenvalue weighted by molar-refractivity contribution is 7.98. The zero-order chi connectivity index (χ0) is 32.6. The molecule has 242 valence electrons. The van der Waals surface area contributed by atoms with Crippen molar-refractivity contribution in [2.24, 2.45) is 0 Å². The van der Waals surface area contributed by atoms with E-state index >= 15 is 0 Å². The topological polar surface area (TPSA) is 171 Å². The molecule has 0 N–H and O–H groups in total. The molecule has 0 bridgehead atoms. The Morgan fingerprint density at radius 1 is 1.00 bits per heavy atom. The van der Waals surface area contributed by atoms with Crippen LogP contribution in [0.15, 0.2) is 81.6 Å². The predicted octanol–water partition coefficient (Wildman–Crippen LogP) is 2.97. The van der Waals surface area contributed by atoms with Crippen molar-refractivity contribution in [3.8, 4) is 0 Å². The molecule has 0 radical (unpaired) electrons. The molecule has 1 unspecified atom stereocenters. The molecule has 2 aliphatic heterocycles. The van der Waals surface area contributed by atoms with E-state index in [1.54, 1.807) is 52.0 Å². The van der Waals surface area contributed by atoms with Crippen molar-refractivity contribution in [1.82, 2.24) is 14.1 Å². The fraction of sp³-hybridized carbons (Fsp3) is 0.448. The van der Waals surface area contributed by atoms with Gasteiger partial charge in [-0.1, -0.05) is 24.3 Å². The molecule has 2 fully saturated rings. The summed E-state index contributed by atoms with van der Waals surface area (Å²) in [6, 6.07) is 13.2. The first-order valence-corrected chi connectivity index (χ1v) is 17.5. The van der Waals surface area contributed by atoms with Crippen LogP contribution in [-0.4, -0.2) is 70.7 Å². The number of fused-ring (bicyclic) bond motifs is 1. The van der Waals surface area contributed by atoms with Crippen LogP contribution in [0.4, 0.5) is 0 Å². The Hall–Kier alpha value is -3.30. The summed E-state index contributed by atoms with van der Waals surface area (Å²) in [5.74, 6) is -2.03. The van der Waals surface area contributed by atoms with Crippen LogP contribution in [0, 0.1) is 0 Å². The van der Waals surface area contributed by atoms with E-state index in [9.17, 15) is 27.4 Å². The molecule has 1 aromatic carbocycles. The molecule has 5 atom stereocenters. The molecule has 2 aliphatic rings. The van der Waals surface area contributed by atoms with Crippen molar-refractivity contribution in [2.45, 2.75) is 74.5 Å². The molecular weight excluding hydrogens is 629 g/mol. The Morgan fingerprint density at radius 3 is 2.27 bits per heavy atom. The summed E-state index contributed by atoms with van der Waals surface area (Å²) < 4.78 is 73.1. The average Bonchev–Trinajstić information content (AvgIpc) is 3.49. The summed E-state index contributed by atoms with van der Waals surface area (Å²) in [6.07, 6.45) is -2.32. The maximum absolute atomic E-state index is 14.1. The van der Waals surface area contributed by atoms with Gasteiger partial charge in [0, 0.05) is 30.4 Å². The first kappa shape index (κ1) is 33.1. The number of sulfone groups is 1. The highest BCUT2D eigenvalue weighted by Crippen LogP contribution is 2.59. The van der Waals surface area contributed by atoms with Crippen molar-refractivity contribution in [3.05, 3.63) is 93.4 Å². The van der Waals surface area contributed by atoms with Gasteiger partial charge in [0.2, 0.25) is 9.84 Å². The Bertz CT molecular complexity index is 1800. The third kappa shape index (κ3) is 6.39. The van der Waals surface area contributed by atoms with Crippen LogP contribution < -0.4 is 11.2 Å². The number of benzene rings is 1. The number of hydrogen-bond acceptors (Lipinski definition) is 12. The van der Waals surface area contributed by atoms with Gasteiger partial charge >= 0.3 is 13.3 Å². The fourth-order valence-electron chi connectivity index (χ4n) is 5.50. The minimum absolute atomic E-state index is 0.106. The molecule has 0 spiro atoms. The number of hydrogen-bond donors (Lipinski definition) is 0. The molecule has 0 amide bonds. The highest BCUT2D eigenvalue weighted by atomic mass is 32.2. The molecule has 2 saturated heterocycles. The largest absolute Gasteiger partial charge is 0.349 e. The molecule has 16 heteroatoms. The van der Waals surface area contributed by atoms with E-state index in [2.05, 4.69) is 4.98 Å². The minimum Gasteiger partial charge on any atom is -0.349 e. The van der Waals surface area contributed by atoms with Gasteiger partial charge in [-0.3, -0.25) is 18.7 Å². The first-order chi connectivity index (χ1) is 21.3. The predicted molar refractivity (Wildman–Crippen MR) is 160 cm³/mol. The van der Waals surface area contributed by atoms with E-state index in [0.29, 0.717) is 4.57 Å². The van der Waals surface area contributed by atoms with E-state index in [-0.39, 0.29) is 23.8 Å². The third-order valence-electron chi connectivity index (χ3n) is 7.33. The number of carbonyl (C=O) groups excluding carboxylic acids is 1. The lowest BCUT2D eigenvalue weighted by atomic mass is 10.1. The second kappa shape index (κ2) is 12.8. The molecule has 4 heterocycles. The Balaban J connectivity index is 1.57. The second-order valence-electron chi connectivity index (χ2n) is 10.8. The quantitative estimate of drug-likeness (QED) is 0.275. The molecule has 3 aromatic rings. The highest BCUT2D eigenvalue weighted by Gasteiger charge is 2.59. The summed E-state index contributed by atoms with van der Waals surface area (Å²) in [5, 5.41) is -0.340. The monoisotopic (exact) mass is 663 g/mol. The summed E-state index contributed by atoms with van der Waals surface area (Å²) in [5.41, 5.74) is -1.73. The number of pyridine rings is 1. The van der Waals surface area contributed by atoms with Crippen LogP contribution in [0.3, 0.4) is 0 Å². The SMILES string of the molecule is CCOP(=O)(OCC)C(C[C@H]1O[C@@H](n2ccc(=O)n(C(=O)c3ccccc3)c2=O)[C@@H]2OC(C)(C)O[C@@H]21)S(=O)(=O)c1ccccn1. The van der Waals surface area contributed by atoms with Crippen molar-refractivity contribution in [2.75, 3.05) is 13.2 Å². The number of aromatic nitrogens is 3. The van der Waals surface area contributed by atoms with Crippen molar-refractivity contribution in [3.63, 3.8) is 0 Å². The standard InChI is InChI=1S/C29H34N3O11PS/c1-5-39-44(36,40-6-2)23(45(37,38)21-14-10-11-16-30-21)18-20-24-25(43-29(3,4)42-24)27(41-20)31-17-15-22(33)32(28(31)35)26(34)19-12-8-7-9-13-19/h7-17,20,23-25,27H,5-6,18H2,1-4H3/t20-,23?,24-,25-,27-/m1/s1. The lowest BCUT2D eigenvalue weighted by Crippen LogP contribution is -2.46. The Kier molecular flexibility index (Phi) is 9.43. The number of carbonyl (C=O) groups is 1. The van der Waals surface area contributed by atoms with Crippen LogP contribution in [-0.2, 0) is 37.7 Å². The van der Waals surface area contributed by atoms with E-state index in [0.717, 1.165) is 10.6 Å². The molecule has 14 nitrogen and oxygen atoms in total.